The zero-order chi connectivity index (χ0) is 17.5. The Morgan fingerprint density at radius 3 is 2.54 bits per heavy atom. The molecule has 0 aromatic heterocycles. The number of likely N-dealkylation sites (tertiary alicyclic amines) is 1. The van der Waals surface area contributed by atoms with Crippen molar-refractivity contribution in [1.29, 1.82) is 0 Å². The van der Waals surface area contributed by atoms with E-state index in [4.69, 9.17) is 4.74 Å². The summed E-state index contributed by atoms with van der Waals surface area (Å²) in [4.78, 5) is 14.0. The maximum absolute atomic E-state index is 13.3. The van der Waals surface area contributed by atoms with Gasteiger partial charge in [-0.1, -0.05) is 0 Å². The topological polar surface area (TPSA) is 70.0 Å². The van der Waals surface area contributed by atoms with Crippen LogP contribution in [0.2, 0.25) is 0 Å². The number of carbonyl (C=O) groups excluding carboxylic acids is 1. The van der Waals surface area contributed by atoms with Crippen LogP contribution in [0.3, 0.4) is 0 Å². The van der Waals surface area contributed by atoms with E-state index in [9.17, 15) is 23.8 Å². The van der Waals surface area contributed by atoms with Gasteiger partial charge in [-0.2, -0.15) is 0 Å². The van der Waals surface area contributed by atoms with Gasteiger partial charge in [-0.3, -0.25) is 4.79 Å². The van der Waals surface area contributed by atoms with Gasteiger partial charge < -0.3 is 19.8 Å². The van der Waals surface area contributed by atoms with Crippen LogP contribution in [-0.2, 0) is 4.74 Å². The second-order valence-corrected chi connectivity index (χ2v) is 6.96. The Bertz CT molecular complexity index is 641. The van der Waals surface area contributed by atoms with Crippen LogP contribution in [0, 0.1) is 11.6 Å². The number of rotatable bonds is 1. The molecule has 2 atom stereocenters. The highest BCUT2D eigenvalue weighted by Crippen LogP contribution is 2.39. The SMILES string of the molecule is C[C@]1(O)CC2(CCN(C(=O)c3ccc(F)c(F)c3)CC2)OC[C@@H]1O. The van der Waals surface area contributed by atoms with Crippen LogP contribution < -0.4 is 0 Å². The van der Waals surface area contributed by atoms with Crippen molar-refractivity contribution in [2.45, 2.75) is 43.5 Å². The van der Waals surface area contributed by atoms with Crippen molar-refractivity contribution in [3.63, 3.8) is 0 Å². The first-order valence-corrected chi connectivity index (χ1v) is 8.01. The van der Waals surface area contributed by atoms with Crippen LogP contribution in [0.15, 0.2) is 18.2 Å². The fraction of sp³-hybridized carbons (Fsp3) is 0.588. The lowest BCUT2D eigenvalue weighted by atomic mass is 9.76. The van der Waals surface area contributed by atoms with Crippen molar-refractivity contribution >= 4 is 5.91 Å². The molecule has 0 bridgehead atoms. The Morgan fingerprint density at radius 2 is 1.96 bits per heavy atom. The fourth-order valence-electron chi connectivity index (χ4n) is 3.51. The second-order valence-electron chi connectivity index (χ2n) is 6.96. The predicted octanol–water partition coefficient (Wildman–Crippen LogP) is 1.47. The minimum Gasteiger partial charge on any atom is -0.388 e. The molecular weight excluding hydrogens is 320 g/mol. The van der Waals surface area contributed by atoms with E-state index < -0.39 is 28.9 Å². The molecule has 5 nitrogen and oxygen atoms in total. The standard InChI is InChI=1S/C17H21F2NO4/c1-16(23)10-17(24-9-14(16)21)4-6-20(7-5-17)15(22)11-2-3-12(18)13(19)8-11/h2-3,8,14,21,23H,4-7,9-10H2,1H3/t14-,16-/m0/s1. The summed E-state index contributed by atoms with van der Waals surface area (Å²) in [5.41, 5.74) is -1.67. The molecule has 2 N–H and O–H groups in total. The number of amides is 1. The van der Waals surface area contributed by atoms with E-state index in [0.29, 0.717) is 32.4 Å². The number of aliphatic hydroxyl groups excluding tert-OH is 1. The molecular formula is C17H21F2NO4. The van der Waals surface area contributed by atoms with Crippen LogP contribution in [0.1, 0.15) is 36.5 Å². The average molecular weight is 341 g/mol. The summed E-state index contributed by atoms with van der Waals surface area (Å²) in [7, 11) is 0. The molecule has 0 saturated carbocycles. The Labute approximate surface area is 138 Å². The van der Waals surface area contributed by atoms with Gasteiger partial charge in [0.2, 0.25) is 0 Å². The van der Waals surface area contributed by atoms with Crippen LogP contribution in [0.25, 0.3) is 0 Å². The maximum atomic E-state index is 13.3. The summed E-state index contributed by atoms with van der Waals surface area (Å²) in [6.45, 7) is 2.43. The van der Waals surface area contributed by atoms with Crippen molar-refractivity contribution in [1.82, 2.24) is 4.90 Å². The molecule has 2 aliphatic heterocycles. The third-order valence-corrected chi connectivity index (χ3v) is 5.07. The highest BCUT2D eigenvalue weighted by atomic mass is 19.2. The minimum absolute atomic E-state index is 0.0596. The summed E-state index contributed by atoms with van der Waals surface area (Å²) in [6, 6.07) is 3.11. The summed E-state index contributed by atoms with van der Waals surface area (Å²) in [5, 5.41) is 20.1. The highest BCUT2D eigenvalue weighted by molar-refractivity contribution is 5.94. The van der Waals surface area contributed by atoms with Gasteiger partial charge in [0, 0.05) is 25.1 Å². The predicted molar refractivity (Wildman–Crippen MR) is 81.4 cm³/mol. The van der Waals surface area contributed by atoms with E-state index in [1.165, 1.54) is 6.07 Å². The smallest absolute Gasteiger partial charge is 0.253 e. The lowest BCUT2D eigenvalue weighted by Crippen LogP contribution is -2.59. The molecule has 1 aromatic carbocycles. The fourth-order valence-corrected chi connectivity index (χ4v) is 3.51. The van der Waals surface area contributed by atoms with Crippen LogP contribution in [-0.4, -0.2) is 58.0 Å². The monoisotopic (exact) mass is 341 g/mol. The van der Waals surface area contributed by atoms with Crippen molar-refractivity contribution < 1.29 is 28.5 Å². The molecule has 1 amide bonds. The molecule has 7 heteroatoms. The zero-order valence-electron chi connectivity index (χ0n) is 13.5. The molecule has 132 valence electrons. The number of benzene rings is 1. The van der Waals surface area contributed by atoms with Crippen LogP contribution >= 0.6 is 0 Å². The molecule has 0 radical (unpaired) electrons. The lowest BCUT2D eigenvalue weighted by Gasteiger charge is -2.49. The van der Waals surface area contributed by atoms with Gasteiger partial charge in [0.15, 0.2) is 11.6 Å². The van der Waals surface area contributed by atoms with Gasteiger partial charge in [-0.05, 0) is 38.0 Å². The summed E-state index contributed by atoms with van der Waals surface area (Å²) < 4.78 is 32.0. The van der Waals surface area contributed by atoms with E-state index in [1.54, 1.807) is 11.8 Å². The highest BCUT2D eigenvalue weighted by Gasteiger charge is 2.49. The molecule has 2 aliphatic rings. The Balaban J connectivity index is 1.66. The second kappa shape index (κ2) is 6.06. The van der Waals surface area contributed by atoms with E-state index in [-0.39, 0.29) is 18.1 Å². The molecule has 2 heterocycles. The molecule has 2 fully saturated rings. The van der Waals surface area contributed by atoms with E-state index in [0.717, 1.165) is 12.1 Å². The number of ether oxygens (including phenoxy) is 1. The molecule has 0 unspecified atom stereocenters. The average Bonchev–Trinajstić information content (AvgIpc) is 2.54. The largest absolute Gasteiger partial charge is 0.388 e. The number of carbonyl (C=O) groups is 1. The zero-order valence-corrected chi connectivity index (χ0v) is 13.5. The molecule has 3 rings (SSSR count). The quantitative estimate of drug-likeness (QED) is 0.812. The number of halogens is 2. The van der Waals surface area contributed by atoms with Gasteiger partial charge in [-0.25, -0.2) is 8.78 Å². The first kappa shape index (κ1) is 17.3. The first-order valence-electron chi connectivity index (χ1n) is 8.01. The van der Waals surface area contributed by atoms with Gasteiger partial charge in [0.05, 0.1) is 17.8 Å². The first-order chi connectivity index (χ1) is 11.2. The van der Waals surface area contributed by atoms with Crippen molar-refractivity contribution in [2.24, 2.45) is 0 Å². The number of hydrogen-bond donors (Lipinski definition) is 2. The third-order valence-electron chi connectivity index (χ3n) is 5.07. The molecule has 0 aliphatic carbocycles. The van der Waals surface area contributed by atoms with Gasteiger partial charge in [-0.15, -0.1) is 0 Å². The maximum Gasteiger partial charge on any atom is 0.253 e. The minimum atomic E-state index is -1.22. The van der Waals surface area contributed by atoms with E-state index in [2.05, 4.69) is 0 Å². The van der Waals surface area contributed by atoms with Gasteiger partial charge in [0.1, 0.15) is 6.10 Å². The summed E-state index contributed by atoms with van der Waals surface area (Å²) in [5.74, 6) is -2.39. The number of nitrogens with zero attached hydrogens (tertiary/aromatic N) is 1. The van der Waals surface area contributed by atoms with Gasteiger partial charge in [0.25, 0.3) is 5.91 Å². The van der Waals surface area contributed by atoms with Crippen molar-refractivity contribution in [2.75, 3.05) is 19.7 Å². The number of hydrogen-bond acceptors (Lipinski definition) is 4. The van der Waals surface area contributed by atoms with Crippen molar-refractivity contribution in [3.8, 4) is 0 Å². The number of aliphatic hydroxyl groups is 2. The number of piperidine rings is 1. The Kier molecular flexibility index (Phi) is 4.36. The van der Waals surface area contributed by atoms with E-state index in [1.807, 2.05) is 0 Å². The summed E-state index contributed by atoms with van der Waals surface area (Å²) in [6.07, 6.45) is 0.412. The Morgan fingerprint density at radius 1 is 1.29 bits per heavy atom. The normalized spacial score (nSPS) is 29.7. The lowest BCUT2D eigenvalue weighted by molar-refractivity contribution is -0.221. The molecule has 1 aromatic rings. The van der Waals surface area contributed by atoms with Gasteiger partial charge >= 0.3 is 0 Å². The molecule has 24 heavy (non-hydrogen) atoms. The summed E-state index contributed by atoms with van der Waals surface area (Å²) >= 11 is 0. The molecule has 1 spiro atoms. The molecule has 2 saturated heterocycles. The van der Waals surface area contributed by atoms with E-state index >= 15 is 0 Å². The van der Waals surface area contributed by atoms with Crippen molar-refractivity contribution in [3.05, 3.63) is 35.4 Å². The Hall–Kier alpha value is -1.57. The third kappa shape index (κ3) is 3.16. The van der Waals surface area contributed by atoms with Crippen LogP contribution in [0.5, 0.6) is 0 Å². The van der Waals surface area contributed by atoms with Crippen LogP contribution in [0.4, 0.5) is 8.78 Å².